The van der Waals surface area contributed by atoms with Crippen molar-refractivity contribution >= 4 is 33.5 Å². The van der Waals surface area contributed by atoms with Crippen LogP contribution in [0.1, 0.15) is 10.4 Å². The van der Waals surface area contributed by atoms with Gasteiger partial charge >= 0.3 is 0 Å². The van der Waals surface area contributed by atoms with Gasteiger partial charge in [0.15, 0.2) is 0 Å². The molecule has 162 valence electrons. The van der Waals surface area contributed by atoms with E-state index >= 15 is 0 Å². The van der Waals surface area contributed by atoms with E-state index in [2.05, 4.69) is 10.5 Å². The summed E-state index contributed by atoms with van der Waals surface area (Å²) < 4.78 is 32.7. The molecule has 0 spiro atoms. The zero-order valence-electron chi connectivity index (χ0n) is 17.0. The summed E-state index contributed by atoms with van der Waals surface area (Å²) in [6, 6.07) is 19.4. The number of benzene rings is 2. The minimum Gasteiger partial charge on any atom is -0.497 e. The number of hydrogen-bond donors (Lipinski definition) is 1. The number of methoxy groups -OCH3 is 1. The maximum atomic E-state index is 13.2. The van der Waals surface area contributed by atoms with E-state index in [1.165, 1.54) is 36.8 Å². The summed E-state index contributed by atoms with van der Waals surface area (Å²) in [4.78, 5) is 13.4. The van der Waals surface area contributed by atoms with Crippen LogP contribution in [0.3, 0.4) is 0 Å². The molecule has 0 aliphatic heterocycles. The van der Waals surface area contributed by atoms with E-state index in [0.717, 1.165) is 14.7 Å². The molecule has 0 fully saturated rings. The lowest BCUT2D eigenvalue weighted by molar-refractivity contribution is -0.121. The summed E-state index contributed by atoms with van der Waals surface area (Å²) >= 11 is 1.48. The fraction of sp³-hybridized carbons (Fsp3) is 0.182. The highest BCUT2D eigenvalue weighted by molar-refractivity contribution is 7.89. The summed E-state index contributed by atoms with van der Waals surface area (Å²) in [5.74, 6) is 0.0356. The number of amides is 1. The van der Waals surface area contributed by atoms with E-state index in [9.17, 15) is 13.2 Å². The highest BCUT2D eigenvalue weighted by Gasteiger charge is 2.26. The average Bonchev–Trinajstić information content (AvgIpc) is 3.31. The maximum Gasteiger partial charge on any atom is 0.255 e. The molecule has 3 aromatic rings. The van der Waals surface area contributed by atoms with Crippen LogP contribution in [-0.4, -0.2) is 45.0 Å². The number of carbonyl (C=O) groups excluding carboxylic acids is 1. The summed E-state index contributed by atoms with van der Waals surface area (Å²) in [5, 5.41) is 5.81. The van der Waals surface area contributed by atoms with Crippen LogP contribution in [0.15, 0.2) is 82.1 Å². The Hall–Kier alpha value is -3.01. The second kappa shape index (κ2) is 10.9. The molecule has 0 bridgehead atoms. The van der Waals surface area contributed by atoms with Crippen LogP contribution in [0.5, 0.6) is 5.75 Å². The van der Waals surface area contributed by atoms with Crippen molar-refractivity contribution in [3.63, 3.8) is 0 Å². The number of thiophene rings is 1. The van der Waals surface area contributed by atoms with Crippen LogP contribution in [0.4, 0.5) is 0 Å². The number of sulfonamides is 1. The summed E-state index contributed by atoms with van der Waals surface area (Å²) in [7, 11) is -2.38. The lowest BCUT2D eigenvalue weighted by Crippen LogP contribution is -2.40. The molecule has 7 nitrogen and oxygen atoms in total. The van der Waals surface area contributed by atoms with Crippen molar-refractivity contribution < 1.29 is 17.9 Å². The van der Waals surface area contributed by atoms with Crippen molar-refractivity contribution in [2.45, 2.75) is 11.3 Å². The molecule has 1 heterocycles. The molecule has 0 saturated heterocycles. The van der Waals surface area contributed by atoms with Gasteiger partial charge in [-0.3, -0.25) is 4.79 Å². The fourth-order valence-electron chi connectivity index (χ4n) is 2.81. The second-order valence-corrected chi connectivity index (χ2v) is 9.48. The zero-order valence-corrected chi connectivity index (χ0v) is 18.6. The first-order chi connectivity index (χ1) is 15.0. The Morgan fingerprint density at radius 2 is 1.84 bits per heavy atom. The molecule has 1 aromatic heterocycles. The predicted molar refractivity (Wildman–Crippen MR) is 122 cm³/mol. The number of rotatable bonds is 10. The first kappa shape index (κ1) is 22.7. The Morgan fingerprint density at radius 1 is 1.10 bits per heavy atom. The molecule has 1 amide bonds. The molecule has 0 atom stereocenters. The number of hydrogen-bond acceptors (Lipinski definition) is 6. The van der Waals surface area contributed by atoms with E-state index in [1.54, 1.807) is 12.1 Å². The predicted octanol–water partition coefficient (Wildman–Crippen LogP) is 3.14. The standard InChI is InChI=1S/C22H23N3O4S2/c1-29-19-9-11-21(12-10-19)31(27,28)25(14-13-18-6-3-2-4-7-18)17-22(26)24-23-16-20-8-5-15-30-20/h2-12,15-16H,13-14,17H2,1H3,(H,24,26)/b23-16+. The molecule has 1 N–H and O–H groups in total. The lowest BCUT2D eigenvalue weighted by Gasteiger charge is -2.21. The third-order valence-electron chi connectivity index (χ3n) is 4.43. The van der Waals surface area contributed by atoms with Gasteiger partial charge in [-0.25, -0.2) is 13.8 Å². The Balaban J connectivity index is 1.74. The van der Waals surface area contributed by atoms with Crippen LogP contribution < -0.4 is 10.2 Å². The average molecular weight is 458 g/mol. The minimum atomic E-state index is -3.89. The SMILES string of the molecule is COc1ccc(S(=O)(=O)N(CCc2ccccc2)CC(=O)N/N=C/c2cccs2)cc1. The first-order valence-electron chi connectivity index (χ1n) is 9.52. The van der Waals surface area contributed by atoms with Crippen LogP contribution >= 0.6 is 11.3 Å². The zero-order chi connectivity index (χ0) is 22.1. The van der Waals surface area contributed by atoms with Crippen LogP contribution in [0.2, 0.25) is 0 Å². The van der Waals surface area contributed by atoms with Crippen molar-refractivity contribution in [3.8, 4) is 5.75 Å². The summed E-state index contributed by atoms with van der Waals surface area (Å²) in [6.45, 7) is -0.191. The van der Waals surface area contributed by atoms with E-state index in [4.69, 9.17) is 4.74 Å². The third-order valence-corrected chi connectivity index (χ3v) is 7.10. The van der Waals surface area contributed by atoms with E-state index in [-0.39, 0.29) is 18.0 Å². The molecule has 0 aliphatic carbocycles. The molecule has 0 radical (unpaired) electrons. The smallest absolute Gasteiger partial charge is 0.255 e. The topological polar surface area (TPSA) is 88.1 Å². The highest BCUT2D eigenvalue weighted by atomic mass is 32.2. The molecular weight excluding hydrogens is 434 g/mol. The molecule has 0 saturated carbocycles. The van der Waals surface area contributed by atoms with Gasteiger partial charge in [-0.2, -0.15) is 9.41 Å². The van der Waals surface area contributed by atoms with Crippen molar-refractivity contribution in [1.29, 1.82) is 0 Å². The Morgan fingerprint density at radius 3 is 2.48 bits per heavy atom. The van der Waals surface area contributed by atoms with Gasteiger partial charge in [0.05, 0.1) is 24.8 Å². The second-order valence-electron chi connectivity index (χ2n) is 6.56. The quantitative estimate of drug-likeness (QED) is 0.374. The van der Waals surface area contributed by atoms with Gasteiger partial charge < -0.3 is 4.74 Å². The Bertz CT molecular complexity index is 1100. The van der Waals surface area contributed by atoms with Crippen LogP contribution in [0, 0.1) is 0 Å². The van der Waals surface area contributed by atoms with E-state index in [0.29, 0.717) is 12.2 Å². The normalized spacial score (nSPS) is 11.7. The number of hydrazone groups is 1. The number of nitrogens with one attached hydrogen (secondary N) is 1. The Labute approximate surface area is 186 Å². The highest BCUT2D eigenvalue weighted by Crippen LogP contribution is 2.20. The van der Waals surface area contributed by atoms with Gasteiger partial charge in [0.2, 0.25) is 10.0 Å². The van der Waals surface area contributed by atoms with Crippen molar-refractivity contribution in [3.05, 3.63) is 82.6 Å². The van der Waals surface area contributed by atoms with Crippen molar-refractivity contribution in [2.75, 3.05) is 20.2 Å². The van der Waals surface area contributed by atoms with Gasteiger partial charge in [-0.1, -0.05) is 36.4 Å². The molecule has 0 aliphatic rings. The maximum absolute atomic E-state index is 13.2. The van der Waals surface area contributed by atoms with Gasteiger partial charge in [-0.05, 0) is 47.7 Å². The molecule has 9 heteroatoms. The minimum absolute atomic E-state index is 0.0937. The Kier molecular flexibility index (Phi) is 7.94. The molecule has 31 heavy (non-hydrogen) atoms. The first-order valence-corrected chi connectivity index (χ1v) is 11.8. The van der Waals surface area contributed by atoms with E-state index < -0.39 is 15.9 Å². The lowest BCUT2D eigenvalue weighted by atomic mass is 10.1. The van der Waals surface area contributed by atoms with Crippen molar-refractivity contribution in [1.82, 2.24) is 9.73 Å². The summed E-state index contributed by atoms with van der Waals surface area (Å²) in [6.07, 6.45) is 2.00. The third kappa shape index (κ3) is 6.48. The molecule has 3 rings (SSSR count). The number of nitrogens with zero attached hydrogens (tertiary/aromatic N) is 2. The number of ether oxygens (including phenoxy) is 1. The van der Waals surface area contributed by atoms with Gasteiger partial charge in [-0.15, -0.1) is 11.3 Å². The van der Waals surface area contributed by atoms with Crippen molar-refractivity contribution in [2.24, 2.45) is 5.10 Å². The van der Waals surface area contributed by atoms with Crippen LogP contribution in [-0.2, 0) is 21.2 Å². The van der Waals surface area contributed by atoms with Gasteiger partial charge in [0.1, 0.15) is 5.75 Å². The van der Waals surface area contributed by atoms with Gasteiger partial charge in [0, 0.05) is 11.4 Å². The molecular formula is C22H23N3O4S2. The van der Waals surface area contributed by atoms with E-state index in [1.807, 2.05) is 47.8 Å². The fourth-order valence-corrected chi connectivity index (χ4v) is 4.79. The van der Waals surface area contributed by atoms with Gasteiger partial charge in [0.25, 0.3) is 5.91 Å². The summed E-state index contributed by atoms with van der Waals surface area (Å²) in [5.41, 5.74) is 3.38. The molecule has 0 unspecified atom stereocenters. The number of carbonyl (C=O) groups is 1. The monoisotopic (exact) mass is 457 g/mol. The van der Waals surface area contributed by atoms with Crippen LogP contribution in [0.25, 0.3) is 0 Å². The largest absolute Gasteiger partial charge is 0.497 e. The molecule has 2 aromatic carbocycles.